The topological polar surface area (TPSA) is 12.9 Å². The van der Waals surface area contributed by atoms with Crippen LogP contribution in [0.2, 0.25) is 0 Å². The van der Waals surface area contributed by atoms with Crippen LogP contribution >= 0.6 is 11.3 Å². The van der Waals surface area contributed by atoms with Crippen LogP contribution in [0.1, 0.15) is 4.88 Å². The summed E-state index contributed by atoms with van der Waals surface area (Å²) in [7, 11) is 0. The van der Waals surface area contributed by atoms with Gasteiger partial charge in [-0.05, 0) is 0 Å². The molecule has 0 saturated carbocycles. The molecule has 7 heteroatoms. The van der Waals surface area contributed by atoms with Crippen molar-refractivity contribution in [1.82, 2.24) is 4.98 Å². The van der Waals surface area contributed by atoms with Crippen LogP contribution in [0.3, 0.4) is 0 Å². The molecule has 0 saturated heterocycles. The third-order valence-electron chi connectivity index (χ3n) is 0.833. The van der Waals surface area contributed by atoms with Crippen LogP contribution < -0.4 is 20.6 Å². The van der Waals surface area contributed by atoms with E-state index in [1.54, 1.807) is 0 Å². The fourth-order valence-electron chi connectivity index (χ4n) is 0.441. The largest absolute Gasteiger partial charge is 1.00 e. The van der Waals surface area contributed by atoms with E-state index in [0.717, 1.165) is 6.20 Å². The van der Waals surface area contributed by atoms with E-state index in [1.165, 1.54) is 0 Å². The van der Waals surface area contributed by atoms with Crippen LogP contribution in [0.4, 0.5) is 13.2 Å². The number of hydrogen-bond acceptors (Lipinski definition) is 2. The maximum absolute atomic E-state index is 11.8. The van der Waals surface area contributed by atoms with Crippen molar-refractivity contribution in [1.29, 1.82) is 0 Å². The van der Waals surface area contributed by atoms with Crippen LogP contribution in [-0.2, 0) is 24.5 Å². The van der Waals surface area contributed by atoms with Crippen molar-refractivity contribution in [3.05, 3.63) is 11.1 Å². The van der Waals surface area contributed by atoms with Gasteiger partial charge in [0, 0.05) is 0 Å². The molecule has 0 aliphatic carbocycles. The predicted octanol–water partition coefficient (Wildman–Crippen LogP) is -1.66. The molecule has 58 valence electrons. The van der Waals surface area contributed by atoms with E-state index >= 15 is 0 Å². The van der Waals surface area contributed by atoms with Crippen LogP contribution in [-0.4, -0.2) is 4.98 Å². The first-order chi connectivity index (χ1) is 4.50. The quantitative estimate of drug-likeness (QED) is 0.522. The Bertz CT molecular complexity index is 235. The summed E-state index contributed by atoms with van der Waals surface area (Å²) >= 11 is 1.40. The van der Waals surface area contributed by atoms with Gasteiger partial charge in [-0.2, -0.15) is 0 Å². The second kappa shape index (κ2) is 3.96. The first kappa shape index (κ1) is 11.5. The number of rotatable bonds is 0. The SMILES string of the molecule is FC(F)(F)c1cn[c]([Zn+])s1.[Br-]. The minimum atomic E-state index is -4.21. The van der Waals surface area contributed by atoms with Crippen molar-refractivity contribution in [3.8, 4) is 0 Å². The Morgan fingerprint density at radius 3 is 2.18 bits per heavy atom. The Kier molecular flexibility index (Phi) is 4.15. The Balaban J connectivity index is 0.000001000. The minimum Gasteiger partial charge on any atom is -1.00 e. The molecule has 1 heterocycles. The van der Waals surface area contributed by atoms with Gasteiger partial charge in [-0.3, -0.25) is 0 Å². The molecule has 0 radical (unpaired) electrons. The summed E-state index contributed by atoms with van der Waals surface area (Å²) in [6, 6.07) is 0. The van der Waals surface area contributed by atoms with Gasteiger partial charge in [0.15, 0.2) is 0 Å². The second-order valence-electron chi connectivity index (χ2n) is 1.62. The van der Waals surface area contributed by atoms with Crippen molar-refractivity contribution in [2.75, 3.05) is 0 Å². The summed E-state index contributed by atoms with van der Waals surface area (Å²) in [5.41, 5.74) is 0. The van der Waals surface area contributed by atoms with Crippen molar-refractivity contribution >= 4 is 14.9 Å². The van der Waals surface area contributed by atoms with Crippen LogP contribution in [0, 0.1) is 0 Å². The summed E-state index contributed by atoms with van der Waals surface area (Å²) in [6.45, 7) is 0. The smallest absolute Gasteiger partial charge is 1.00 e. The molecule has 0 amide bonds. The summed E-state index contributed by atoms with van der Waals surface area (Å²) in [6.07, 6.45) is -3.33. The molecule has 0 bridgehead atoms. The normalized spacial score (nSPS) is 11.0. The monoisotopic (exact) mass is 295 g/mol. The van der Waals surface area contributed by atoms with E-state index in [-0.39, 0.29) is 17.0 Å². The van der Waals surface area contributed by atoms with E-state index in [0.29, 0.717) is 33.2 Å². The van der Waals surface area contributed by atoms with E-state index in [1.807, 2.05) is 0 Å². The Morgan fingerprint density at radius 1 is 1.45 bits per heavy atom. The van der Waals surface area contributed by atoms with Gasteiger partial charge in [0.05, 0.1) is 0 Å². The zero-order valence-corrected chi connectivity index (χ0v) is 10.5. The zero-order chi connectivity index (χ0) is 7.78. The first-order valence-electron chi connectivity index (χ1n) is 2.35. The third kappa shape index (κ3) is 3.17. The first-order valence-corrected chi connectivity index (χ1v) is 4.65. The van der Waals surface area contributed by atoms with Gasteiger partial charge in [-0.15, -0.1) is 0 Å². The molecule has 0 aromatic carbocycles. The Morgan fingerprint density at radius 2 is 2.00 bits per heavy atom. The number of thiazole rings is 1. The molecule has 0 spiro atoms. The minimum absolute atomic E-state index is 0. The average Bonchev–Trinajstić information content (AvgIpc) is 2.11. The fraction of sp³-hybridized carbons (Fsp3) is 0.250. The average molecular weight is 297 g/mol. The van der Waals surface area contributed by atoms with Crippen LogP contribution in [0.25, 0.3) is 0 Å². The Hall–Kier alpha value is 0.523. The third-order valence-corrected chi connectivity index (χ3v) is 3.02. The molecule has 0 atom stereocenters. The van der Waals surface area contributed by atoms with Crippen LogP contribution in [0.5, 0.6) is 0 Å². The maximum Gasteiger partial charge on any atom is -1.00 e. The molecule has 11 heavy (non-hydrogen) atoms. The summed E-state index contributed by atoms with van der Waals surface area (Å²) in [4.78, 5) is 2.93. The molecular formula is C4HBrF3NSZn. The van der Waals surface area contributed by atoms with Crippen molar-refractivity contribution in [2.45, 2.75) is 6.18 Å². The summed E-state index contributed by atoms with van der Waals surface area (Å²) < 4.78 is 35.9. The molecule has 0 aliphatic rings. The number of hydrogen-bond donors (Lipinski definition) is 0. The molecule has 0 aliphatic heterocycles. The molecule has 0 unspecified atom stereocenters. The molecule has 1 aromatic rings. The van der Waals surface area contributed by atoms with E-state index < -0.39 is 11.1 Å². The number of aromatic nitrogens is 1. The van der Waals surface area contributed by atoms with E-state index in [9.17, 15) is 13.2 Å². The molecule has 0 N–H and O–H groups in total. The van der Waals surface area contributed by atoms with Gasteiger partial charge in [0.2, 0.25) is 0 Å². The number of nitrogens with zero attached hydrogens (tertiary/aromatic N) is 1. The maximum atomic E-state index is 11.8. The Labute approximate surface area is 85.5 Å². The molecule has 0 fully saturated rings. The van der Waals surface area contributed by atoms with Gasteiger partial charge in [-0.1, -0.05) is 0 Å². The summed E-state index contributed by atoms with van der Waals surface area (Å²) in [5.74, 6) is 0. The van der Waals surface area contributed by atoms with Gasteiger partial charge in [0.25, 0.3) is 0 Å². The molecular weight excluding hydrogens is 296 g/mol. The van der Waals surface area contributed by atoms with Crippen LogP contribution in [0.15, 0.2) is 6.20 Å². The van der Waals surface area contributed by atoms with E-state index in [2.05, 4.69) is 4.98 Å². The summed E-state index contributed by atoms with van der Waals surface area (Å²) in [5, 5.41) is 0. The van der Waals surface area contributed by atoms with Gasteiger partial charge in [0.1, 0.15) is 0 Å². The van der Waals surface area contributed by atoms with Crippen molar-refractivity contribution in [2.24, 2.45) is 0 Å². The molecule has 1 aromatic heterocycles. The number of alkyl halides is 3. The van der Waals surface area contributed by atoms with Gasteiger partial charge >= 0.3 is 68.6 Å². The standard InChI is InChI=1S/C4HF3NS.BrH.Zn/c5-4(6,7)3-1-8-2-9-3;;/h1H;1H;/q;;+1/p-1. The van der Waals surface area contributed by atoms with Crippen molar-refractivity contribution < 1.29 is 48.5 Å². The fourth-order valence-corrected chi connectivity index (χ4v) is 2.19. The van der Waals surface area contributed by atoms with E-state index in [4.69, 9.17) is 0 Å². The second-order valence-corrected chi connectivity index (χ2v) is 5.21. The van der Waals surface area contributed by atoms with Gasteiger partial charge in [-0.25, -0.2) is 0 Å². The molecule has 1 rings (SSSR count). The molecule has 1 nitrogen and oxygen atoms in total. The number of halogens is 4. The van der Waals surface area contributed by atoms with Crippen molar-refractivity contribution in [3.63, 3.8) is 0 Å². The zero-order valence-electron chi connectivity index (χ0n) is 5.15. The van der Waals surface area contributed by atoms with Gasteiger partial charge < -0.3 is 17.0 Å². The predicted molar refractivity (Wildman–Crippen MR) is 26.8 cm³/mol.